The van der Waals surface area contributed by atoms with Crippen molar-refractivity contribution in [2.24, 2.45) is 35.5 Å². The van der Waals surface area contributed by atoms with Crippen molar-refractivity contribution in [2.45, 2.75) is 220 Å². The molecule has 0 aliphatic carbocycles. The van der Waals surface area contributed by atoms with Gasteiger partial charge in [0, 0.05) is 78.2 Å². The van der Waals surface area contributed by atoms with Crippen molar-refractivity contribution in [3.63, 3.8) is 0 Å². The van der Waals surface area contributed by atoms with Crippen LogP contribution in [-0.2, 0) is 56.5 Å². The summed E-state index contributed by atoms with van der Waals surface area (Å²) in [6.07, 6.45) is 17.2. The molecule has 0 bridgehead atoms. The van der Waals surface area contributed by atoms with Crippen LogP contribution in [0.15, 0.2) is 146 Å². The van der Waals surface area contributed by atoms with Crippen molar-refractivity contribution >= 4 is 8.32 Å². The van der Waals surface area contributed by atoms with E-state index in [4.69, 9.17) is 61.6 Å². The van der Waals surface area contributed by atoms with E-state index >= 15 is 0 Å². The van der Waals surface area contributed by atoms with Crippen LogP contribution in [0, 0.1) is 35.5 Å². The molecule has 0 spiro atoms. The van der Waals surface area contributed by atoms with E-state index in [1.165, 1.54) is 7.11 Å². The number of hydrogen-bond acceptors (Lipinski definition) is 17. The third-order valence-electron chi connectivity index (χ3n) is 17.1. The molecule has 22 atom stereocenters. The number of methoxy groups -OCH3 is 6. The molecule has 0 aromatic rings. The maximum absolute atomic E-state index is 9.82. The van der Waals surface area contributed by atoms with Gasteiger partial charge >= 0.3 is 0 Å². The first-order chi connectivity index (χ1) is 42.1. The van der Waals surface area contributed by atoms with E-state index in [1.54, 1.807) is 78.3 Å². The zero-order valence-corrected chi connectivity index (χ0v) is 60.4. The smallest absolute Gasteiger partial charge is 0.192 e. The summed E-state index contributed by atoms with van der Waals surface area (Å²) in [5, 5.41) is 47.3. The summed E-state index contributed by atoms with van der Waals surface area (Å²) in [5.41, 5.74) is 5.55. The van der Waals surface area contributed by atoms with Crippen molar-refractivity contribution in [2.75, 3.05) is 55.9 Å². The Hall–Kier alpha value is -3.74. The number of aliphatic hydroxyl groups excluding tert-OH is 5. The molecule has 90 heavy (non-hydrogen) atoms. The Morgan fingerprint density at radius 1 is 0.556 bits per heavy atom. The molecule has 18 heteroatoms. The first kappa shape index (κ1) is 86.3. The van der Waals surface area contributed by atoms with E-state index in [0.717, 1.165) is 33.4 Å². The van der Waals surface area contributed by atoms with Gasteiger partial charge in [-0.3, -0.25) is 0 Å². The highest BCUT2D eigenvalue weighted by molar-refractivity contribution is 6.74. The molecule has 0 aromatic heterocycles. The van der Waals surface area contributed by atoms with Gasteiger partial charge in [-0.05, 0) is 82.0 Å². The lowest BCUT2D eigenvalue weighted by molar-refractivity contribution is -0.270. The van der Waals surface area contributed by atoms with Gasteiger partial charge < -0.3 is 82.1 Å². The maximum atomic E-state index is 9.82. The predicted octanol–water partition coefficient (Wildman–Crippen LogP) is 12.3. The van der Waals surface area contributed by atoms with E-state index < -0.39 is 39.4 Å². The van der Waals surface area contributed by atoms with Gasteiger partial charge in [0.2, 0.25) is 0 Å². The lowest BCUT2D eigenvalue weighted by Gasteiger charge is -2.42. The van der Waals surface area contributed by atoms with Gasteiger partial charge in [-0.25, -0.2) is 0 Å². The van der Waals surface area contributed by atoms with Crippen molar-refractivity contribution < 1.29 is 82.1 Å². The fraction of sp³-hybridized carbons (Fsp3) is 0.667. The predicted molar refractivity (Wildman–Crippen MR) is 366 cm³/mol. The summed E-state index contributed by atoms with van der Waals surface area (Å²) >= 11 is 0. The van der Waals surface area contributed by atoms with E-state index in [-0.39, 0.29) is 121 Å². The van der Waals surface area contributed by atoms with Crippen LogP contribution in [0.25, 0.3) is 0 Å². The maximum Gasteiger partial charge on any atom is 0.192 e. The Labute approximate surface area is 545 Å². The van der Waals surface area contributed by atoms with Crippen molar-refractivity contribution in [3.05, 3.63) is 146 Å². The number of ether oxygens (including phenoxy) is 11. The highest BCUT2D eigenvalue weighted by atomic mass is 28.4. The van der Waals surface area contributed by atoms with Crippen molar-refractivity contribution in [3.8, 4) is 0 Å². The Bertz CT molecular complexity index is 2250. The molecule has 518 valence electrons. The van der Waals surface area contributed by atoms with E-state index in [9.17, 15) is 20.4 Å². The van der Waals surface area contributed by atoms with E-state index in [0.29, 0.717) is 0 Å². The molecule has 0 saturated heterocycles. The minimum Gasteiger partial charge on any atom is -0.495 e. The van der Waals surface area contributed by atoms with Crippen LogP contribution >= 0.6 is 0 Å². The van der Waals surface area contributed by atoms with Crippen LogP contribution in [0.5, 0.6) is 0 Å². The summed E-state index contributed by atoms with van der Waals surface area (Å²) in [7, 11) is 7.85. The second-order valence-electron chi connectivity index (χ2n) is 25.5. The van der Waals surface area contributed by atoms with Gasteiger partial charge in [0.1, 0.15) is 42.7 Å². The molecule has 0 radical (unpaired) electrons. The molecule has 6 unspecified atom stereocenters. The van der Waals surface area contributed by atoms with Crippen molar-refractivity contribution in [1.29, 1.82) is 0 Å². The molecule has 0 saturated carbocycles. The van der Waals surface area contributed by atoms with Crippen LogP contribution in [-0.4, -0.2) is 188 Å². The van der Waals surface area contributed by atoms with Gasteiger partial charge in [-0.2, -0.15) is 0 Å². The first-order valence-corrected chi connectivity index (χ1v) is 34.2. The van der Waals surface area contributed by atoms with Gasteiger partial charge in [0.25, 0.3) is 0 Å². The van der Waals surface area contributed by atoms with Gasteiger partial charge in [0.15, 0.2) is 27.2 Å². The molecule has 4 rings (SSSR count). The van der Waals surface area contributed by atoms with Gasteiger partial charge in [-0.1, -0.05) is 140 Å². The minimum atomic E-state index is -1.91. The Balaban J connectivity index is 0.00000113. The first-order valence-electron chi connectivity index (χ1n) is 31.3. The van der Waals surface area contributed by atoms with Gasteiger partial charge in [-0.15, -0.1) is 39.5 Å². The third kappa shape index (κ3) is 26.9. The quantitative estimate of drug-likeness (QED) is 0.0364. The Kier molecular flexibility index (Phi) is 41.5. The average molecular weight is 1290 g/mol. The molecule has 4 heterocycles. The highest BCUT2D eigenvalue weighted by Gasteiger charge is 2.43. The molecule has 0 fully saturated rings. The normalized spacial score (nSPS) is 28.8. The molecule has 4 aliphatic heterocycles. The van der Waals surface area contributed by atoms with Crippen LogP contribution in [0.1, 0.15) is 104 Å². The Morgan fingerprint density at radius 3 is 1.27 bits per heavy atom. The van der Waals surface area contributed by atoms with Crippen molar-refractivity contribution in [1.82, 2.24) is 0 Å². The second-order valence-corrected chi connectivity index (χ2v) is 30.3. The molecule has 0 amide bonds. The largest absolute Gasteiger partial charge is 0.495 e. The Morgan fingerprint density at radius 2 is 0.922 bits per heavy atom. The molecular formula is C72H124O17Si. The topological polar surface area (TPSA) is 212 Å². The van der Waals surface area contributed by atoms with Crippen LogP contribution < -0.4 is 0 Å². The third-order valence-corrected chi connectivity index (χ3v) is 21.6. The lowest BCUT2D eigenvalue weighted by Crippen LogP contribution is -2.49. The number of aliphatic hydroxyl groups is 5. The van der Waals surface area contributed by atoms with Crippen LogP contribution in [0.4, 0.5) is 0 Å². The van der Waals surface area contributed by atoms with Crippen LogP contribution in [0.3, 0.4) is 0 Å². The highest BCUT2D eigenvalue weighted by Crippen LogP contribution is 2.40. The SMILES string of the molecule is C=C[C@H](OC)C1OC(O)C(C)=C[C@H]1C.C=C[C@H](OC)C1OC=C(C)C(O)[C@H]1C.C=C[C@H](OC)C1O[C@H](O[C@H]2OC([C@H](C=C)OC)[C@H](C)C=C2C)C(C)=C[C@H]1C.C=C[C@H](OC)[C@@H](O)[C@H](C)/C=C(/C)CO.C=C[C@H](OC)[C@@H](O[Si](C)(C)C(C)(C)C)[C@H](C)/C=C(/C)CO. The molecule has 4 aliphatic rings. The van der Waals surface area contributed by atoms with Gasteiger partial charge in [0.05, 0.1) is 56.1 Å². The average Bonchev–Trinajstić information content (AvgIpc) is 0.946. The zero-order valence-electron chi connectivity index (χ0n) is 59.4. The fourth-order valence-electron chi connectivity index (χ4n) is 10.5. The number of hydrogen-bond donors (Lipinski definition) is 5. The zero-order chi connectivity index (χ0) is 69.6. The monoisotopic (exact) mass is 1290 g/mol. The minimum absolute atomic E-state index is 0.0166. The number of rotatable bonds is 28. The summed E-state index contributed by atoms with van der Waals surface area (Å²) < 4.78 is 68.2. The van der Waals surface area contributed by atoms with E-state index in [2.05, 4.69) is 112 Å². The summed E-state index contributed by atoms with van der Waals surface area (Å²) in [6, 6.07) is 0. The summed E-state index contributed by atoms with van der Waals surface area (Å²) in [4.78, 5) is 0. The van der Waals surface area contributed by atoms with E-state index in [1.807, 2.05) is 74.5 Å². The second kappa shape index (κ2) is 43.3. The molecular weight excluding hydrogens is 1160 g/mol. The molecule has 0 aromatic carbocycles. The lowest BCUT2D eigenvalue weighted by atomic mass is 9.88. The molecule has 5 N–H and O–H groups in total. The summed E-state index contributed by atoms with van der Waals surface area (Å²) in [5.74, 6) is 0.717. The summed E-state index contributed by atoms with van der Waals surface area (Å²) in [6.45, 7) is 57.4. The van der Waals surface area contributed by atoms with Crippen LogP contribution in [0.2, 0.25) is 18.1 Å². The fourth-order valence-corrected chi connectivity index (χ4v) is 11.8. The molecule has 17 nitrogen and oxygen atoms in total. The standard InChI is InChI=1S/C22H34O5.C17H34O3Si.2C11H18O3.C11H20O3/c1-9-17(23-7)19-13(3)11-15(5)21(25-19)27-22-16(6)12-14(4)20(26-22)18(10-2)24-8;1-10-15(19-7)16(14(3)11-13(2)12-18)20-21(8,9)17(4,5)6;1-5-9(13-4)11-8(3)10(12)7(2)6-14-11;1-5-9(13-4)10-7(2)6-8(3)11(12)14-10;1-5-10(14-4)11(13)9(3)6-8(2)7-12/h9-14,17-22H,1-2H2,3-8H3;10-11,14-16,18H,1,12H2,2-9H3;5-6,8-12H,1H2,2-4H3;5-7,9-12H,1H2,2-4H3;5-6,9-13H,1,7H2,2-4H3/b;13-11-;;;8-6-/t13-,14-,17+,18+,19?,20?,21-,22-;14-,15+,16+;8-,9+,10?,11?;7-,9+,10?,11?;9-,10+,11+/m11111/s1.